The zero-order valence-corrected chi connectivity index (χ0v) is 22.4. The van der Waals surface area contributed by atoms with Crippen LogP contribution in [0.3, 0.4) is 0 Å². The first-order valence-corrected chi connectivity index (χ1v) is 13.5. The normalized spacial score (nSPS) is 30.3. The molecule has 0 radical (unpaired) electrons. The van der Waals surface area contributed by atoms with E-state index in [9.17, 15) is 19.5 Å². The van der Waals surface area contributed by atoms with Crippen molar-refractivity contribution in [1.82, 2.24) is 9.80 Å². The van der Waals surface area contributed by atoms with Gasteiger partial charge in [-0.15, -0.1) is 13.2 Å². The molecule has 3 saturated heterocycles. The van der Waals surface area contributed by atoms with Gasteiger partial charge in [0.25, 0.3) is 0 Å². The summed E-state index contributed by atoms with van der Waals surface area (Å²) in [4.78, 5) is 44.8. The number of nitrogens with zero attached hydrogens (tertiary/aromatic N) is 2. The molecule has 202 valence electrons. The van der Waals surface area contributed by atoms with Gasteiger partial charge in [0, 0.05) is 12.6 Å². The number of allylic oxidation sites excluding steroid dienone is 1. The Labute approximate surface area is 215 Å². The van der Waals surface area contributed by atoms with E-state index in [2.05, 4.69) is 13.2 Å². The van der Waals surface area contributed by atoms with Crippen LogP contribution in [0.25, 0.3) is 0 Å². The standard InChI is InChI=1S/C28H44N2O6/c1-7-10-11-12-16-35-27(34)22-21-13-14-28(36-21)23(22)25(32)30(20(17-31)19(6)9-3)24(28)26(33)29(15-8-2)18(4)5/h7-8,18-24,31H,1-2,9-17H2,3-6H3/t19-,20-,21-,22+,23-,24?,28?/m0/s1. The Balaban J connectivity index is 1.98. The molecule has 3 heterocycles. The van der Waals surface area contributed by atoms with Gasteiger partial charge < -0.3 is 24.4 Å². The van der Waals surface area contributed by atoms with E-state index in [1.54, 1.807) is 15.9 Å². The molecule has 0 aromatic carbocycles. The van der Waals surface area contributed by atoms with E-state index in [1.807, 2.05) is 33.8 Å². The third-order valence-electron chi connectivity index (χ3n) is 8.37. The van der Waals surface area contributed by atoms with Crippen LogP contribution in [0.15, 0.2) is 25.3 Å². The van der Waals surface area contributed by atoms with Crippen molar-refractivity contribution in [3.63, 3.8) is 0 Å². The van der Waals surface area contributed by atoms with Crippen LogP contribution < -0.4 is 0 Å². The Morgan fingerprint density at radius 2 is 2.00 bits per heavy atom. The van der Waals surface area contributed by atoms with Crippen molar-refractivity contribution in [2.24, 2.45) is 17.8 Å². The molecule has 1 spiro atoms. The topological polar surface area (TPSA) is 96.4 Å². The first kappa shape index (κ1) is 28.4. The van der Waals surface area contributed by atoms with E-state index in [0.29, 0.717) is 19.4 Å². The first-order valence-electron chi connectivity index (χ1n) is 13.5. The minimum absolute atomic E-state index is 0.0381. The van der Waals surface area contributed by atoms with Crippen LogP contribution in [0, 0.1) is 17.8 Å². The van der Waals surface area contributed by atoms with Crippen molar-refractivity contribution in [3.8, 4) is 0 Å². The highest BCUT2D eigenvalue weighted by molar-refractivity contribution is 5.98. The minimum Gasteiger partial charge on any atom is -0.465 e. The third kappa shape index (κ3) is 4.86. The van der Waals surface area contributed by atoms with Crippen molar-refractivity contribution < 1.29 is 29.0 Å². The average Bonchev–Trinajstić information content (AvgIpc) is 3.49. The summed E-state index contributed by atoms with van der Waals surface area (Å²) in [6.07, 6.45) is 7.35. The maximum atomic E-state index is 14.1. The molecule has 3 aliphatic heterocycles. The molecular weight excluding hydrogens is 460 g/mol. The molecule has 8 heteroatoms. The Morgan fingerprint density at radius 3 is 2.58 bits per heavy atom. The van der Waals surface area contributed by atoms with Gasteiger partial charge in [-0.25, -0.2) is 0 Å². The van der Waals surface area contributed by atoms with Crippen molar-refractivity contribution in [3.05, 3.63) is 25.3 Å². The van der Waals surface area contributed by atoms with E-state index in [-0.39, 0.29) is 37.0 Å². The summed E-state index contributed by atoms with van der Waals surface area (Å²) in [6, 6.07) is -1.57. The van der Waals surface area contributed by atoms with Crippen LogP contribution in [-0.4, -0.2) is 82.3 Å². The fourth-order valence-corrected chi connectivity index (χ4v) is 6.32. The van der Waals surface area contributed by atoms with Crippen LogP contribution in [0.2, 0.25) is 0 Å². The lowest BCUT2D eigenvalue weighted by molar-refractivity contribution is -0.157. The number of ether oxygens (including phenoxy) is 2. The van der Waals surface area contributed by atoms with Gasteiger partial charge in [-0.2, -0.15) is 0 Å². The zero-order chi connectivity index (χ0) is 26.6. The number of fused-ring (bicyclic) bond motifs is 1. The number of esters is 1. The number of hydrogen-bond acceptors (Lipinski definition) is 6. The number of rotatable bonds is 14. The number of carbonyl (C=O) groups excluding carboxylic acids is 3. The second-order valence-corrected chi connectivity index (χ2v) is 10.8. The number of aliphatic hydroxyl groups excluding tert-OH is 1. The molecule has 7 atom stereocenters. The van der Waals surface area contributed by atoms with Crippen LogP contribution in [-0.2, 0) is 23.9 Å². The maximum absolute atomic E-state index is 14.1. The van der Waals surface area contributed by atoms with Crippen LogP contribution >= 0.6 is 0 Å². The van der Waals surface area contributed by atoms with Gasteiger partial charge >= 0.3 is 5.97 Å². The van der Waals surface area contributed by atoms with Crippen molar-refractivity contribution in [2.45, 2.75) is 96.1 Å². The SMILES string of the molecule is C=CCCCCOC(=O)[C@@H]1[C@@H]2CCC3(O2)C(C(=O)N(CC=C)C(C)C)N([C@@H](CO)[C@@H](C)CC)C(=O)[C@H]13. The van der Waals surface area contributed by atoms with E-state index >= 15 is 0 Å². The zero-order valence-electron chi connectivity index (χ0n) is 22.4. The molecule has 0 aromatic heterocycles. The predicted molar refractivity (Wildman–Crippen MR) is 137 cm³/mol. The molecule has 36 heavy (non-hydrogen) atoms. The van der Waals surface area contributed by atoms with Gasteiger partial charge in [-0.05, 0) is 51.9 Å². The summed E-state index contributed by atoms with van der Waals surface area (Å²) in [6.45, 7) is 15.7. The van der Waals surface area contributed by atoms with Gasteiger partial charge in [0.1, 0.15) is 11.6 Å². The fourth-order valence-electron chi connectivity index (χ4n) is 6.32. The number of likely N-dealkylation sites (tertiary alicyclic amines) is 1. The van der Waals surface area contributed by atoms with Gasteiger partial charge in [0.2, 0.25) is 11.8 Å². The molecule has 1 N–H and O–H groups in total. The van der Waals surface area contributed by atoms with Crippen LogP contribution in [0.1, 0.15) is 66.2 Å². The predicted octanol–water partition coefficient (Wildman–Crippen LogP) is 3.09. The van der Waals surface area contributed by atoms with Crippen molar-refractivity contribution in [1.29, 1.82) is 0 Å². The summed E-state index contributed by atoms with van der Waals surface area (Å²) in [5.74, 6) is -2.51. The molecular formula is C28H44N2O6. The minimum atomic E-state index is -1.10. The first-order chi connectivity index (χ1) is 17.2. The summed E-state index contributed by atoms with van der Waals surface area (Å²) in [5.41, 5.74) is -1.10. The molecule has 8 nitrogen and oxygen atoms in total. The van der Waals surface area contributed by atoms with Crippen LogP contribution in [0.4, 0.5) is 0 Å². The molecule has 0 aromatic rings. The van der Waals surface area contributed by atoms with E-state index < -0.39 is 41.6 Å². The summed E-state index contributed by atoms with van der Waals surface area (Å²) in [5, 5.41) is 10.4. The smallest absolute Gasteiger partial charge is 0.312 e. The number of carbonyl (C=O) groups is 3. The highest BCUT2D eigenvalue weighted by atomic mass is 16.6. The summed E-state index contributed by atoms with van der Waals surface area (Å²) in [7, 11) is 0. The fraction of sp³-hybridized carbons (Fsp3) is 0.750. The quantitative estimate of drug-likeness (QED) is 0.222. The van der Waals surface area contributed by atoms with Gasteiger partial charge in [0.05, 0.1) is 37.2 Å². The molecule has 2 amide bonds. The highest BCUT2D eigenvalue weighted by Gasteiger charge is 2.75. The van der Waals surface area contributed by atoms with Gasteiger partial charge in [-0.1, -0.05) is 32.4 Å². The van der Waals surface area contributed by atoms with Crippen LogP contribution in [0.5, 0.6) is 0 Å². The van der Waals surface area contributed by atoms with E-state index in [4.69, 9.17) is 9.47 Å². The largest absolute Gasteiger partial charge is 0.465 e. The molecule has 3 rings (SSSR count). The number of aliphatic hydroxyl groups is 1. The lowest BCUT2D eigenvalue weighted by Gasteiger charge is -2.41. The lowest BCUT2D eigenvalue weighted by Crippen LogP contribution is -2.60. The third-order valence-corrected chi connectivity index (χ3v) is 8.37. The van der Waals surface area contributed by atoms with Gasteiger partial charge in [0.15, 0.2) is 0 Å². The van der Waals surface area contributed by atoms with Gasteiger partial charge in [-0.3, -0.25) is 14.4 Å². The highest BCUT2D eigenvalue weighted by Crippen LogP contribution is 2.59. The second kappa shape index (κ2) is 11.9. The molecule has 0 saturated carbocycles. The number of unbranched alkanes of at least 4 members (excludes halogenated alkanes) is 2. The van der Waals surface area contributed by atoms with E-state index in [1.165, 1.54) is 0 Å². The number of hydrogen-bond donors (Lipinski definition) is 1. The maximum Gasteiger partial charge on any atom is 0.312 e. The van der Waals surface area contributed by atoms with Crippen molar-refractivity contribution in [2.75, 3.05) is 19.8 Å². The molecule has 0 aliphatic carbocycles. The average molecular weight is 505 g/mol. The monoisotopic (exact) mass is 504 g/mol. The summed E-state index contributed by atoms with van der Waals surface area (Å²) < 4.78 is 12.1. The number of amides is 2. The molecule has 2 bridgehead atoms. The molecule has 3 aliphatic rings. The Hall–Kier alpha value is -2.19. The Bertz CT molecular complexity index is 844. The molecule has 3 fully saturated rings. The van der Waals surface area contributed by atoms with E-state index in [0.717, 1.165) is 25.7 Å². The Kier molecular flexibility index (Phi) is 9.39. The lowest BCUT2D eigenvalue weighted by atomic mass is 9.70. The Morgan fingerprint density at radius 1 is 1.28 bits per heavy atom. The van der Waals surface area contributed by atoms with Crippen molar-refractivity contribution >= 4 is 17.8 Å². The molecule has 2 unspecified atom stereocenters. The summed E-state index contributed by atoms with van der Waals surface area (Å²) >= 11 is 0. The second-order valence-electron chi connectivity index (χ2n) is 10.8.